The molecule has 6 nitrogen and oxygen atoms in total. The predicted molar refractivity (Wildman–Crippen MR) is 78.1 cm³/mol. The second-order valence-corrected chi connectivity index (χ2v) is 4.05. The number of benzene rings is 1. The number of rotatable bonds is 6. The zero-order valence-electron chi connectivity index (χ0n) is 11.6. The topological polar surface area (TPSA) is 82.3 Å². The molecule has 3 N–H and O–H groups in total. The van der Waals surface area contributed by atoms with Gasteiger partial charge in [0.2, 0.25) is 5.95 Å². The van der Waals surface area contributed by atoms with E-state index in [4.69, 9.17) is 15.2 Å². The van der Waals surface area contributed by atoms with Gasteiger partial charge in [0.25, 0.3) is 0 Å². The van der Waals surface area contributed by atoms with Crippen molar-refractivity contribution in [3.63, 3.8) is 0 Å². The van der Waals surface area contributed by atoms with Crippen LogP contribution in [-0.4, -0.2) is 37.3 Å². The van der Waals surface area contributed by atoms with Crippen LogP contribution in [0, 0.1) is 0 Å². The summed E-state index contributed by atoms with van der Waals surface area (Å²) in [5.41, 5.74) is 7.07. The fourth-order valence-electron chi connectivity index (χ4n) is 1.79. The van der Waals surface area contributed by atoms with Crippen LogP contribution in [0.15, 0.2) is 30.5 Å². The Kier molecular flexibility index (Phi) is 4.73. The molecular weight excluding hydrogens is 256 g/mol. The first-order valence-electron chi connectivity index (χ1n) is 6.28. The molecule has 106 valence electrons. The SMILES string of the molecule is COc1ccc(OC)c(-c2ccnc(NCCN)n2)c1. The molecule has 0 atom stereocenters. The molecule has 0 aliphatic carbocycles. The van der Waals surface area contributed by atoms with Crippen molar-refractivity contribution in [2.45, 2.75) is 0 Å². The first kappa shape index (κ1) is 14.1. The zero-order valence-corrected chi connectivity index (χ0v) is 11.6. The molecule has 0 saturated heterocycles. The van der Waals surface area contributed by atoms with Gasteiger partial charge in [0.1, 0.15) is 11.5 Å². The molecule has 2 rings (SSSR count). The maximum Gasteiger partial charge on any atom is 0.223 e. The molecule has 0 aliphatic rings. The summed E-state index contributed by atoms with van der Waals surface area (Å²) in [4.78, 5) is 8.60. The summed E-state index contributed by atoms with van der Waals surface area (Å²) in [5.74, 6) is 2.02. The number of nitrogens with zero attached hydrogens (tertiary/aromatic N) is 2. The number of hydrogen-bond acceptors (Lipinski definition) is 6. The first-order chi connectivity index (χ1) is 9.78. The third-order valence-corrected chi connectivity index (χ3v) is 2.77. The monoisotopic (exact) mass is 274 g/mol. The van der Waals surface area contributed by atoms with Crippen molar-refractivity contribution >= 4 is 5.95 Å². The maximum absolute atomic E-state index is 5.45. The summed E-state index contributed by atoms with van der Waals surface area (Å²) < 4.78 is 10.6. The molecule has 0 fully saturated rings. The fraction of sp³-hybridized carbons (Fsp3) is 0.286. The molecule has 0 radical (unpaired) electrons. The number of hydrogen-bond donors (Lipinski definition) is 2. The van der Waals surface area contributed by atoms with Gasteiger partial charge >= 0.3 is 0 Å². The fourth-order valence-corrected chi connectivity index (χ4v) is 1.79. The Labute approximate surface area is 118 Å². The van der Waals surface area contributed by atoms with Crippen molar-refractivity contribution < 1.29 is 9.47 Å². The highest BCUT2D eigenvalue weighted by Gasteiger charge is 2.10. The lowest BCUT2D eigenvalue weighted by atomic mass is 10.1. The van der Waals surface area contributed by atoms with Gasteiger partial charge in [-0.25, -0.2) is 9.97 Å². The molecule has 20 heavy (non-hydrogen) atoms. The molecule has 0 saturated carbocycles. The van der Waals surface area contributed by atoms with Gasteiger partial charge in [-0.05, 0) is 24.3 Å². The largest absolute Gasteiger partial charge is 0.497 e. The molecular formula is C14H18N4O2. The highest BCUT2D eigenvalue weighted by Crippen LogP contribution is 2.32. The summed E-state index contributed by atoms with van der Waals surface area (Å²) in [7, 11) is 3.25. The molecule has 0 amide bonds. The highest BCUT2D eigenvalue weighted by molar-refractivity contribution is 5.69. The number of nitrogens with one attached hydrogen (secondary N) is 1. The standard InChI is InChI=1S/C14H18N4O2/c1-19-10-3-4-13(20-2)11(9-10)12-5-7-16-14(18-12)17-8-6-15/h3-5,7,9H,6,8,15H2,1-2H3,(H,16,17,18). The number of methoxy groups -OCH3 is 2. The van der Waals surface area contributed by atoms with Gasteiger partial charge in [0.15, 0.2) is 0 Å². The van der Waals surface area contributed by atoms with Gasteiger partial charge < -0.3 is 20.5 Å². The molecule has 6 heteroatoms. The van der Waals surface area contributed by atoms with Crippen molar-refractivity contribution in [3.05, 3.63) is 30.5 Å². The number of nitrogens with two attached hydrogens (primary N) is 1. The average molecular weight is 274 g/mol. The number of anilines is 1. The van der Waals surface area contributed by atoms with Crippen molar-refractivity contribution in [1.29, 1.82) is 0 Å². The molecule has 0 aliphatic heterocycles. The first-order valence-corrected chi connectivity index (χ1v) is 6.28. The van der Waals surface area contributed by atoms with Crippen LogP contribution in [-0.2, 0) is 0 Å². The van der Waals surface area contributed by atoms with Gasteiger partial charge in [-0.2, -0.15) is 0 Å². The minimum atomic E-state index is 0.524. The normalized spacial score (nSPS) is 10.2. The second-order valence-electron chi connectivity index (χ2n) is 4.05. The van der Waals surface area contributed by atoms with Crippen LogP contribution < -0.4 is 20.5 Å². The summed E-state index contributed by atoms with van der Waals surface area (Å²) in [6.07, 6.45) is 1.69. The van der Waals surface area contributed by atoms with Crippen molar-refractivity contribution in [3.8, 4) is 22.8 Å². The van der Waals surface area contributed by atoms with Gasteiger partial charge in [-0.3, -0.25) is 0 Å². The molecule has 0 unspecified atom stereocenters. The Morgan fingerprint density at radius 3 is 2.75 bits per heavy atom. The van der Waals surface area contributed by atoms with E-state index in [-0.39, 0.29) is 0 Å². The van der Waals surface area contributed by atoms with Crippen molar-refractivity contribution in [2.75, 3.05) is 32.6 Å². The van der Waals surface area contributed by atoms with E-state index in [2.05, 4.69) is 15.3 Å². The summed E-state index contributed by atoms with van der Waals surface area (Å²) >= 11 is 0. The molecule has 0 spiro atoms. The Hall–Kier alpha value is -2.34. The van der Waals surface area contributed by atoms with Crippen LogP contribution in [0.4, 0.5) is 5.95 Å². The Balaban J connectivity index is 2.39. The van der Waals surface area contributed by atoms with Crippen LogP contribution in [0.3, 0.4) is 0 Å². The van der Waals surface area contributed by atoms with E-state index in [1.54, 1.807) is 20.4 Å². The van der Waals surface area contributed by atoms with E-state index >= 15 is 0 Å². The van der Waals surface area contributed by atoms with E-state index < -0.39 is 0 Å². The van der Waals surface area contributed by atoms with Crippen molar-refractivity contribution in [2.24, 2.45) is 5.73 Å². The van der Waals surface area contributed by atoms with Crippen LogP contribution in [0.5, 0.6) is 11.5 Å². The van der Waals surface area contributed by atoms with Crippen LogP contribution in [0.2, 0.25) is 0 Å². The second kappa shape index (κ2) is 6.72. The lowest BCUT2D eigenvalue weighted by Gasteiger charge is -2.11. The van der Waals surface area contributed by atoms with E-state index in [0.717, 1.165) is 22.8 Å². The summed E-state index contributed by atoms with van der Waals surface area (Å²) in [6, 6.07) is 7.40. The summed E-state index contributed by atoms with van der Waals surface area (Å²) in [5, 5.41) is 3.05. The Morgan fingerprint density at radius 2 is 2.05 bits per heavy atom. The van der Waals surface area contributed by atoms with E-state index in [0.29, 0.717) is 19.0 Å². The van der Waals surface area contributed by atoms with E-state index in [1.165, 1.54) is 0 Å². The Bertz CT molecular complexity index is 575. The smallest absolute Gasteiger partial charge is 0.223 e. The van der Waals surface area contributed by atoms with Gasteiger partial charge in [-0.15, -0.1) is 0 Å². The minimum Gasteiger partial charge on any atom is -0.497 e. The third-order valence-electron chi connectivity index (χ3n) is 2.77. The van der Waals surface area contributed by atoms with Crippen LogP contribution in [0.1, 0.15) is 0 Å². The van der Waals surface area contributed by atoms with Gasteiger partial charge in [-0.1, -0.05) is 0 Å². The van der Waals surface area contributed by atoms with Crippen molar-refractivity contribution in [1.82, 2.24) is 9.97 Å². The summed E-state index contributed by atoms with van der Waals surface area (Å²) in [6.45, 7) is 1.15. The van der Waals surface area contributed by atoms with E-state index in [1.807, 2.05) is 24.3 Å². The number of aromatic nitrogens is 2. The van der Waals surface area contributed by atoms with Gasteiger partial charge in [0, 0.05) is 24.8 Å². The minimum absolute atomic E-state index is 0.524. The maximum atomic E-state index is 5.45. The zero-order chi connectivity index (χ0) is 14.4. The highest BCUT2D eigenvalue weighted by atomic mass is 16.5. The average Bonchev–Trinajstić information content (AvgIpc) is 2.52. The molecule has 1 aromatic heterocycles. The predicted octanol–water partition coefficient (Wildman–Crippen LogP) is 1.53. The van der Waals surface area contributed by atoms with Crippen LogP contribution >= 0.6 is 0 Å². The van der Waals surface area contributed by atoms with E-state index in [9.17, 15) is 0 Å². The van der Waals surface area contributed by atoms with Gasteiger partial charge in [0.05, 0.1) is 19.9 Å². The molecule has 1 aromatic carbocycles. The Morgan fingerprint density at radius 1 is 1.20 bits per heavy atom. The molecule has 1 heterocycles. The molecule has 2 aromatic rings. The van der Waals surface area contributed by atoms with Crippen LogP contribution in [0.25, 0.3) is 11.3 Å². The third kappa shape index (κ3) is 3.16. The quantitative estimate of drug-likeness (QED) is 0.831. The molecule has 0 bridgehead atoms. The lowest BCUT2D eigenvalue weighted by molar-refractivity contribution is 0.404. The number of ether oxygens (including phenoxy) is 2. The lowest BCUT2D eigenvalue weighted by Crippen LogP contribution is -2.14.